The number of fused-ring (bicyclic) bond motifs is 1. The summed E-state index contributed by atoms with van der Waals surface area (Å²) in [6.45, 7) is 1.94. The number of amides is 2. The summed E-state index contributed by atoms with van der Waals surface area (Å²) in [5, 5.41) is 3.96. The third-order valence-electron chi connectivity index (χ3n) is 6.92. The summed E-state index contributed by atoms with van der Waals surface area (Å²) in [6.07, 6.45) is 6.14. The lowest BCUT2D eigenvalue weighted by Crippen LogP contribution is -2.37. The third kappa shape index (κ3) is 7.90. The van der Waals surface area contributed by atoms with Crippen LogP contribution in [0.25, 0.3) is 17.0 Å². The molecule has 5 rings (SSSR count). The highest BCUT2D eigenvalue weighted by atomic mass is 35.5. The van der Waals surface area contributed by atoms with Crippen LogP contribution < -0.4 is 25.4 Å². The van der Waals surface area contributed by atoms with Crippen LogP contribution in [0.15, 0.2) is 85.2 Å². The van der Waals surface area contributed by atoms with Gasteiger partial charge in [-0.15, -0.1) is 0 Å². The topological polar surface area (TPSA) is 133 Å². The van der Waals surface area contributed by atoms with E-state index in [4.69, 9.17) is 43.4 Å². The first-order valence-electron chi connectivity index (χ1n) is 14.2. The van der Waals surface area contributed by atoms with Crippen molar-refractivity contribution >= 4 is 63.5 Å². The molecule has 3 N–H and O–H groups in total. The van der Waals surface area contributed by atoms with E-state index in [1.165, 1.54) is 17.2 Å². The highest BCUT2D eigenvalue weighted by Crippen LogP contribution is 2.36. The molecule has 2 aromatic carbocycles. The van der Waals surface area contributed by atoms with Crippen LogP contribution >= 0.6 is 23.2 Å². The molecule has 3 heterocycles. The van der Waals surface area contributed by atoms with E-state index in [9.17, 15) is 9.59 Å². The number of nitrogens with two attached hydrogens (primary N) is 1. The average Bonchev–Trinajstić information content (AvgIpc) is 3.06. The largest absolute Gasteiger partial charge is 0.487 e. The van der Waals surface area contributed by atoms with Crippen molar-refractivity contribution in [2.45, 2.75) is 20.1 Å². The Morgan fingerprint density at radius 1 is 0.978 bits per heavy atom. The fourth-order valence-electron chi connectivity index (χ4n) is 4.47. The molecule has 2 amide bonds. The number of hydrogen-bond donors (Lipinski definition) is 2. The quantitative estimate of drug-likeness (QED) is 0.161. The Morgan fingerprint density at radius 3 is 2.57 bits per heavy atom. The van der Waals surface area contributed by atoms with E-state index < -0.39 is 5.91 Å². The first kappa shape index (κ1) is 32.2. The predicted octanol–water partition coefficient (Wildman–Crippen LogP) is 6.17. The zero-order valence-corrected chi connectivity index (χ0v) is 26.5. The van der Waals surface area contributed by atoms with Crippen molar-refractivity contribution in [2.75, 3.05) is 24.2 Å². The number of benzene rings is 2. The predicted molar refractivity (Wildman–Crippen MR) is 180 cm³/mol. The van der Waals surface area contributed by atoms with Crippen LogP contribution in [-0.4, -0.2) is 40.4 Å². The Kier molecular flexibility index (Phi) is 10.3. The Morgan fingerprint density at radius 2 is 1.80 bits per heavy atom. The smallest absolute Gasteiger partial charge is 0.246 e. The van der Waals surface area contributed by atoms with Gasteiger partial charge in [0.15, 0.2) is 0 Å². The molecule has 10 nitrogen and oxygen atoms in total. The molecule has 46 heavy (non-hydrogen) atoms. The maximum atomic E-state index is 13.0. The standard InChI is InChI=1S/C34H30Cl2N6O4/c1-21-16-29(45-19-23-6-3-4-15-38-23)24-7-5-8-28(34(24)41-21)46-20-25-26(35)11-12-27(33(25)36)42(2)32(44)18-40-31(43)14-10-22-9-13-30(37)39-17-22/h3-17H,18-20H2,1-2H3,(H2,37,39)(H,40,43)/b14-10+. The third-order valence-corrected chi connectivity index (χ3v) is 7.69. The number of likely N-dealkylation sites (N-methyl/N-ethyl adjacent to an activating group) is 1. The first-order valence-corrected chi connectivity index (χ1v) is 14.9. The van der Waals surface area contributed by atoms with Gasteiger partial charge in [0.05, 0.1) is 22.9 Å². The molecule has 3 aromatic heterocycles. The van der Waals surface area contributed by atoms with Crippen molar-refractivity contribution in [3.8, 4) is 11.5 Å². The molecule has 0 spiro atoms. The van der Waals surface area contributed by atoms with Gasteiger partial charge in [-0.3, -0.25) is 14.6 Å². The minimum absolute atomic E-state index is 0.00786. The molecule has 0 atom stereocenters. The number of halogens is 2. The molecule has 0 aliphatic carbocycles. The number of para-hydroxylation sites is 1. The van der Waals surface area contributed by atoms with E-state index in [-0.39, 0.29) is 24.1 Å². The van der Waals surface area contributed by atoms with Crippen molar-refractivity contribution in [2.24, 2.45) is 0 Å². The van der Waals surface area contributed by atoms with Gasteiger partial charge in [0, 0.05) is 53.2 Å². The number of ether oxygens (including phenoxy) is 2. The molecule has 0 aliphatic heterocycles. The number of aryl methyl sites for hydroxylation is 1. The molecule has 0 fully saturated rings. The molecule has 234 valence electrons. The number of pyridine rings is 3. The lowest BCUT2D eigenvalue weighted by atomic mass is 10.1. The summed E-state index contributed by atoms with van der Waals surface area (Å²) < 4.78 is 12.3. The van der Waals surface area contributed by atoms with E-state index in [1.54, 1.807) is 49.7 Å². The fourth-order valence-corrected chi connectivity index (χ4v) is 5.08. The van der Waals surface area contributed by atoms with Crippen LogP contribution in [-0.2, 0) is 22.8 Å². The summed E-state index contributed by atoms with van der Waals surface area (Å²) in [7, 11) is 1.56. The number of anilines is 2. The molecule has 0 radical (unpaired) electrons. The number of hydrogen-bond acceptors (Lipinski definition) is 8. The van der Waals surface area contributed by atoms with Crippen LogP contribution in [0, 0.1) is 6.92 Å². The van der Waals surface area contributed by atoms with Crippen molar-refractivity contribution in [1.82, 2.24) is 20.3 Å². The molecular weight excluding hydrogens is 627 g/mol. The maximum absolute atomic E-state index is 13.0. The van der Waals surface area contributed by atoms with Crippen LogP contribution in [0.1, 0.15) is 22.5 Å². The molecular formula is C34H30Cl2N6O4. The Labute approximate surface area is 275 Å². The van der Waals surface area contributed by atoms with Crippen LogP contribution in [0.3, 0.4) is 0 Å². The second kappa shape index (κ2) is 14.7. The van der Waals surface area contributed by atoms with Gasteiger partial charge in [0.25, 0.3) is 0 Å². The molecule has 0 saturated heterocycles. The van der Waals surface area contributed by atoms with Crippen molar-refractivity contribution in [3.05, 3.63) is 118 Å². The van der Waals surface area contributed by atoms with E-state index in [0.29, 0.717) is 51.3 Å². The normalized spacial score (nSPS) is 11.0. The summed E-state index contributed by atoms with van der Waals surface area (Å²) in [6, 6.07) is 19.7. The van der Waals surface area contributed by atoms with Crippen molar-refractivity contribution < 1.29 is 19.1 Å². The van der Waals surface area contributed by atoms with Crippen LogP contribution in [0.4, 0.5) is 11.5 Å². The van der Waals surface area contributed by atoms with Gasteiger partial charge < -0.3 is 25.4 Å². The fraction of sp³-hybridized carbons (Fsp3) is 0.147. The average molecular weight is 658 g/mol. The summed E-state index contributed by atoms with van der Waals surface area (Å²) in [5.41, 5.74) is 9.34. The van der Waals surface area contributed by atoms with Gasteiger partial charge >= 0.3 is 0 Å². The summed E-state index contributed by atoms with van der Waals surface area (Å²) in [4.78, 5) is 39.6. The number of aromatic nitrogens is 3. The number of carbonyl (C=O) groups is 2. The lowest BCUT2D eigenvalue weighted by molar-refractivity contribution is -0.122. The second-order valence-corrected chi connectivity index (χ2v) is 11.0. The van der Waals surface area contributed by atoms with Gasteiger partial charge in [0.2, 0.25) is 11.8 Å². The lowest BCUT2D eigenvalue weighted by Gasteiger charge is -2.21. The molecule has 5 aromatic rings. The highest BCUT2D eigenvalue weighted by Gasteiger charge is 2.20. The van der Waals surface area contributed by atoms with Crippen LogP contribution in [0.2, 0.25) is 10.0 Å². The number of nitrogen functional groups attached to an aromatic ring is 1. The minimum atomic E-state index is -0.445. The zero-order valence-electron chi connectivity index (χ0n) is 25.0. The second-order valence-electron chi connectivity index (χ2n) is 10.2. The monoisotopic (exact) mass is 656 g/mol. The first-order chi connectivity index (χ1) is 22.2. The zero-order chi connectivity index (χ0) is 32.6. The number of nitrogens with one attached hydrogen (secondary N) is 1. The van der Waals surface area contributed by atoms with E-state index in [0.717, 1.165) is 16.8 Å². The number of nitrogens with zero attached hydrogens (tertiary/aromatic N) is 4. The summed E-state index contributed by atoms with van der Waals surface area (Å²) >= 11 is 13.3. The molecule has 0 unspecified atom stereocenters. The Hall–Kier alpha value is -5.19. The minimum Gasteiger partial charge on any atom is -0.487 e. The van der Waals surface area contributed by atoms with Gasteiger partial charge in [0.1, 0.15) is 36.0 Å². The van der Waals surface area contributed by atoms with Crippen molar-refractivity contribution in [1.29, 1.82) is 0 Å². The molecule has 0 aliphatic rings. The Balaban J connectivity index is 1.27. The van der Waals surface area contributed by atoms with Crippen LogP contribution in [0.5, 0.6) is 11.5 Å². The Bertz CT molecular complexity index is 1900. The van der Waals surface area contributed by atoms with Gasteiger partial charge in [-0.05, 0) is 67.1 Å². The van der Waals surface area contributed by atoms with Gasteiger partial charge in [-0.2, -0.15) is 0 Å². The maximum Gasteiger partial charge on any atom is 0.246 e. The number of carbonyl (C=O) groups excluding carboxylic acids is 2. The van der Waals surface area contributed by atoms with E-state index >= 15 is 0 Å². The number of rotatable bonds is 11. The van der Waals surface area contributed by atoms with Gasteiger partial charge in [-0.25, -0.2) is 9.97 Å². The highest BCUT2D eigenvalue weighted by molar-refractivity contribution is 6.38. The molecule has 12 heteroatoms. The summed E-state index contributed by atoms with van der Waals surface area (Å²) in [5.74, 6) is 0.708. The molecule has 0 bridgehead atoms. The molecule has 0 saturated carbocycles. The SMILES string of the molecule is Cc1cc(OCc2ccccn2)c2cccc(OCc3c(Cl)ccc(N(C)C(=O)CNC(=O)/C=C/c4ccc(N)nc4)c3Cl)c2n1. The van der Waals surface area contributed by atoms with E-state index in [2.05, 4.69) is 15.3 Å². The van der Waals surface area contributed by atoms with Gasteiger partial charge in [-0.1, -0.05) is 35.3 Å². The van der Waals surface area contributed by atoms with Crippen molar-refractivity contribution in [3.63, 3.8) is 0 Å². The van der Waals surface area contributed by atoms with E-state index in [1.807, 2.05) is 43.3 Å².